The Labute approximate surface area is 92.9 Å². The first-order chi connectivity index (χ1) is 6.92. The summed E-state index contributed by atoms with van der Waals surface area (Å²) in [6, 6.07) is 0. The van der Waals surface area contributed by atoms with E-state index in [1.165, 1.54) is 5.56 Å². The van der Waals surface area contributed by atoms with Crippen molar-refractivity contribution in [2.75, 3.05) is 6.54 Å². The third-order valence-corrected chi connectivity index (χ3v) is 3.23. The Bertz CT molecular complexity index is 300. The van der Waals surface area contributed by atoms with E-state index >= 15 is 0 Å². The highest BCUT2D eigenvalue weighted by molar-refractivity contribution is 5.02. The highest BCUT2D eigenvalue weighted by atomic mass is 15.2. The first-order valence-electron chi connectivity index (χ1n) is 5.60. The molecule has 0 fully saturated rings. The molecule has 0 aromatic carbocycles. The molecule has 1 aromatic rings. The van der Waals surface area contributed by atoms with Crippen molar-refractivity contribution in [3.8, 4) is 0 Å². The van der Waals surface area contributed by atoms with Gasteiger partial charge in [-0.25, -0.2) is 0 Å². The molecule has 0 spiro atoms. The van der Waals surface area contributed by atoms with Gasteiger partial charge >= 0.3 is 0 Å². The van der Waals surface area contributed by atoms with Crippen LogP contribution in [0.25, 0.3) is 0 Å². The van der Waals surface area contributed by atoms with E-state index in [4.69, 9.17) is 0 Å². The lowest BCUT2D eigenvalue weighted by Gasteiger charge is -2.29. The first kappa shape index (κ1) is 12.2. The highest BCUT2D eigenvalue weighted by Crippen LogP contribution is 2.24. The Morgan fingerprint density at radius 3 is 2.60 bits per heavy atom. The summed E-state index contributed by atoms with van der Waals surface area (Å²) < 4.78 is 1.84. The summed E-state index contributed by atoms with van der Waals surface area (Å²) in [5, 5.41) is 7.63. The fraction of sp³-hybridized carbons (Fsp3) is 0.750. The molecule has 0 bridgehead atoms. The van der Waals surface area contributed by atoms with E-state index < -0.39 is 0 Å². The molecular weight excluding hydrogens is 186 g/mol. The van der Waals surface area contributed by atoms with Gasteiger partial charge in [-0.2, -0.15) is 5.10 Å². The lowest BCUT2D eigenvalue weighted by Crippen LogP contribution is -2.33. The number of hydrogen-bond donors (Lipinski definition) is 1. The van der Waals surface area contributed by atoms with E-state index in [1.54, 1.807) is 0 Å². The minimum atomic E-state index is 0.349. The second-order valence-corrected chi connectivity index (χ2v) is 5.27. The maximum absolute atomic E-state index is 4.14. The molecule has 86 valence electrons. The maximum atomic E-state index is 4.14. The van der Waals surface area contributed by atoms with Crippen LogP contribution in [0.3, 0.4) is 0 Å². The second kappa shape index (κ2) is 4.79. The molecule has 3 nitrogen and oxygen atoms in total. The average Bonchev–Trinajstić information content (AvgIpc) is 2.51. The number of nitrogens with zero attached hydrogens (tertiary/aromatic N) is 2. The van der Waals surface area contributed by atoms with Crippen LogP contribution in [-0.4, -0.2) is 16.3 Å². The fourth-order valence-corrected chi connectivity index (χ4v) is 1.30. The normalized spacial score (nSPS) is 12.4. The molecule has 1 rings (SSSR count). The quantitative estimate of drug-likeness (QED) is 0.805. The summed E-state index contributed by atoms with van der Waals surface area (Å²) >= 11 is 0. The van der Waals surface area contributed by atoms with E-state index in [2.05, 4.69) is 44.3 Å². The van der Waals surface area contributed by atoms with Crippen molar-refractivity contribution in [2.45, 2.75) is 34.2 Å². The molecule has 0 aliphatic heterocycles. The van der Waals surface area contributed by atoms with Crippen LogP contribution in [-0.2, 0) is 13.6 Å². The van der Waals surface area contributed by atoms with Crippen molar-refractivity contribution < 1.29 is 0 Å². The molecule has 0 radical (unpaired) electrons. The van der Waals surface area contributed by atoms with Gasteiger partial charge in [0.1, 0.15) is 0 Å². The Balaban J connectivity index is 2.33. The van der Waals surface area contributed by atoms with Gasteiger partial charge in [0.25, 0.3) is 0 Å². The summed E-state index contributed by atoms with van der Waals surface area (Å²) in [6.45, 7) is 11.1. The first-order valence-corrected chi connectivity index (χ1v) is 5.60. The zero-order chi connectivity index (χ0) is 11.5. The van der Waals surface area contributed by atoms with Crippen LogP contribution in [0.1, 0.15) is 33.3 Å². The van der Waals surface area contributed by atoms with Crippen LogP contribution in [0.5, 0.6) is 0 Å². The summed E-state index contributed by atoms with van der Waals surface area (Å²) in [5.41, 5.74) is 1.60. The van der Waals surface area contributed by atoms with Crippen LogP contribution < -0.4 is 5.32 Å². The standard InChI is InChI=1S/C12H23N3/c1-10(2)12(3,4)9-13-6-11-7-14-15(5)8-11/h7-8,10,13H,6,9H2,1-5H3. The predicted octanol–water partition coefficient (Wildman–Crippen LogP) is 2.19. The lowest BCUT2D eigenvalue weighted by atomic mass is 9.81. The smallest absolute Gasteiger partial charge is 0.0534 e. The minimum absolute atomic E-state index is 0.349. The SMILES string of the molecule is CC(C)C(C)(C)CNCc1cnn(C)c1. The van der Waals surface area contributed by atoms with Crippen LogP contribution >= 0.6 is 0 Å². The molecule has 1 N–H and O–H groups in total. The molecule has 0 unspecified atom stereocenters. The zero-order valence-corrected chi connectivity index (χ0v) is 10.5. The average molecular weight is 209 g/mol. The highest BCUT2D eigenvalue weighted by Gasteiger charge is 2.21. The van der Waals surface area contributed by atoms with Gasteiger partial charge in [0.2, 0.25) is 0 Å². The largest absolute Gasteiger partial charge is 0.312 e. The molecule has 15 heavy (non-hydrogen) atoms. The monoisotopic (exact) mass is 209 g/mol. The third kappa shape index (κ3) is 3.67. The Kier molecular flexibility index (Phi) is 3.91. The Morgan fingerprint density at radius 2 is 2.13 bits per heavy atom. The molecule has 1 aromatic heterocycles. The van der Waals surface area contributed by atoms with Gasteiger partial charge in [0.05, 0.1) is 6.20 Å². The van der Waals surface area contributed by atoms with E-state index in [9.17, 15) is 0 Å². The number of aryl methyl sites for hydroxylation is 1. The van der Waals surface area contributed by atoms with Gasteiger partial charge in [0.15, 0.2) is 0 Å². The Morgan fingerprint density at radius 1 is 1.47 bits per heavy atom. The molecule has 0 aliphatic carbocycles. The van der Waals surface area contributed by atoms with Gasteiger partial charge in [-0.1, -0.05) is 27.7 Å². The van der Waals surface area contributed by atoms with Crippen molar-refractivity contribution in [3.05, 3.63) is 18.0 Å². The summed E-state index contributed by atoms with van der Waals surface area (Å²) in [7, 11) is 1.95. The van der Waals surface area contributed by atoms with Crippen molar-refractivity contribution in [1.29, 1.82) is 0 Å². The van der Waals surface area contributed by atoms with Crippen LogP contribution in [0.15, 0.2) is 12.4 Å². The summed E-state index contributed by atoms with van der Waals surface area (Å²) in [5.74, 6) is 0.693. The van der Waals surface area contributed by atoms with Crippen LogP contribution in [0, 0.1) is 11.3 Å². The molecule has 3 heteroatoms. The van der Waals surface area contributed by atoms with Crippen molar-refractivity contribution in [3.63, 3.8) is 0 Å². The van der Waals surface area contributed by atoms with Crippen molar-refractivity contribution >= 4 is 0 Å². The summed E-state index contributed by atoms with van der Waals surface area (Å²) in [6.07, 6.45) is 3.96. The molecule has 0 atom stereocenters. The van der Waals surface area contributed by atoms with E-state index in [-0.39, 0.29) is 0 Å². The van der Waals surface area contributed by atoms with Gasteiger partial charge in [-0.15, -0.1) is 0 Å². The molecular formula is C12H23N3. The fourth-order valence-electron chi connectivity index (χ4n) is 1.30. The molecule has 0 saturated carbocycles. The van der Waals surface area contributed by atoms with Crippen LogP contribution in [0.4, 0.5) is 0 Å². The van der Waals surface area contributed by atoms with Gasteiger partial charge in [-0.3, -0.25) is 4.68 Å². The van der Waals surface area contributed by atoms with Crippen molar-refractivity contribution in [2.24, 2.45) is 18.4 Å². The number of nitrogens with one attached hydrogen (secondary N) is 1. The van der Waals surface area contributed by atoms with E-state index in [0.29, 0.717) is 11.3 Å². The van der Waals surface area contributed by atoms with Crippen LogP contribution in [0.2, 0.25) is 0 Å². The molecule has 1 heterocycles. The summed E-state index contributed by atoms with van der Waals surface area (Å²) in [4.78, 5) is 0. The second-order valence-electron chi connectivity index (χ2n) is 5.27. The number of aromatic nitrogens is 2. The molecule has 0 saturated heterocycles. The molecule has 0 amide bonds. The maximum Gasteiger partial charge on any atom is 0.0534 e. The van der Waals surface area contributed by atoms with Gasteiger partial charge in [-0.05, 0) is 11.3 Å². The lowest BCUT2D eigenvalue weighted by molar-refractivity contribution is 0.238. The van der Waals surface area contributed by atoms with E-state index in [1.807, 2.05) is 17.9 Å². The minimum Gasteiger partial charge on any atom is -0.312 e. The topological polar surface area (TPSA) is 29.9 Å². The number of hydrogen-bond acceptors (Lipinski definition) is 2. The molecule has 0 aliphatic rings. The van der Waals surface area contributed by atoms with E-state index in [0.717, 1.165) is 13.1 Å². The number of rotatable bonds is 5. The van der Waals surface area contributed by atoms with Gasteiger partial charge < -0.3 is 5.32 Å². The van der Waals surface area contributed by atoms with Crippen molar-refractivity contribution in [1.82, 2.24) is 15.1 Å². The zero-order valence-electron chi connectivity index (χ0n) is 10.5. The predicted molar refractivity (Wildman–Crippen MR) is 63.5 cm³/mol. The third-order valence-electron chi connectivity index (χ3n) is 3.23. The van der Waals surface area contributed by atoms with Gasteiger partial charge in [0, 0.05) is 31.9 Å². The Hall–Kier alpha value is -0.830.